The summed E-state index contributed by atoms with van der Waals surface area (Å²) < 4.78 is 0. The Bertz CT molecular complexity index is 307. The lowest BCUT2D eigenvalue weighted by Gasteiger charge is -1.98. The van der Waals surface area contributed by atoms with Crippen LogP contribution in [-0.2, 0) is 0 Å². The number of halogens is 1. The van der Waals surface area contributed by atoms with Crippen molar-refractivity contribution in [2.45, 2.75) is 0 Å². The van der Waals surface area contributed by atoms with Crippen molar-refractivity contribution in [3.63, 3.8) is 0 Å². The molecule has 0 unspecified atom stereocenters. The normalized spacial score (nSPS) is 8.92. The molecular formula is C11H10BrN. The first-order valence-corrected chi connectivity index (χ1v) is 3.92. The Morgan fingerprint density at radius 3 is 1.85 bits per heavy atom. The van der Waals surface area contributed by atoms with E-state index in [0.717, 1.165) is 0 Å². The van der Waals surface area contributed by atoms with E-state index >= 15 is 0 Å². The predicted octanol–water partition coefficient (Wildman–Crippen LogP) is 3.33. The van der Waals surface area contributed by atoms with Gasteiger partial charge < -0.3 is 0 Å². The molecule has 0 amide bonds. The van der Waals surface area contributed by atoms with Crippen LogP contribution < -0.4 is 0 Å². The SMILES string of the molecule is Br.c1ccc(-c2ccncc2)cc1. The van der Waals surface area contributed by atoms with Gasteiger partial charge in [-0.15, -0.1) is 17.0 Å². The number of rotatable bonds is 1. The maximum atomic E-state index is 3.97. The number of hydrogen-bond acceptors (Lipinski definition) is 1. The molecule has 0 saturated heterocycles. The zero-order valence-electron chi connectivity index (χ0n) is 7.05. The highest BCUT2D eigenvalue weighted by Crippen LogP contribution is 2.16. The molecule has 0 spiro atoms. The molecule has 0 fully saturated rings. The fraction of sp³-hybridized carbons (Fsp3) is 0. The van der Waals surface area contributed by atoms with Gasteiger partial charge in [-0.25, -0.2) is 0 Å². The molecule has 0 bridgehead atoms. The summed E-state index contributed by atoms with van der Waals surface area (Å²) in [7, 11) is 0. The Morgan fingerprint density at radius 2 is 1.23 bits per heavy atom. The molecule has 66 valence electrons. The van der Waals surface area contributed by atoms with Crippen molar-refractivity contribution >= 4 is 17.0 Å². The predicted molar refractivity (Wildman–Crippen MR) is 60.0 cm³/mol. The highest BCUT2D eigenvalue weighted by atomic mass is 79.9. The Labute approximate surface area is 88.2 Å². The van der Waals surface area contributed by atoms with Gasteiger partial charge in [0.25, 0.3) is 0 Å². The van der Waals surface area contributed by atoms with Crippen molar-refractivity contribution < 1.29 is 0 Å². The number of benzene rings is 1. The molecule has 0 N–H and O–H groups in total. The quantitative estimate of drug-likeness (QED) is 0.740. The van der Waals surface area contributed by atoms with Gasteiger partial charge in [-0.2, -0.15) is 0 Å². The molecule has 0 aliphatic heterocycles. The highest BCUT2D eigenvalue weighted by Gasteiger charge is 1.92. The first kappa shape index (κ1) is 9.93. The van der Waals surface area contributed by atoms with Crippen LogP contribution in [0, 0.1) is 0 Å². The van der Waals surface area contributed by atoms with Crippen molar-refractivity contribution in [3.8, 4) is 11.1 Å². The summed E-state index contributed by atoms with van der Waals surface area (Å²) in [5.74, 6) is 0. The third-order valence-electron chi connectivity index (χ3n) is 1.79. The van der Waals surface area contributed by atoms with E-state index in [9.17, 15) is 0 Å². The van der Waals surface area contributed by atoms with Crippen molar-refractivity contribution in [1.82, 2.24) is 4.98 Å². The van der Waals surface area contributed by atoms with E-state index in [0.29, 0.717) is 0 Å². The zero-order chi connectivity index (χ0) is 8.23. The lowest BCUT2D eigenvalue weighted by atomic mass is 10.1. The lowest BCUT2D eigenvalue weighted by Crippen LogP contribution is -1.76. The van der Waals surface area contributed by atoms with Gasteiger partial charge in [0.2, 0.25) is 0 Å². The second kappa shape index (κ2) is 4.77. The molecule has 0 aliphatic rings. The van der Waals surface area contributed by atoms with E-state index in [-0.39, 0.29) is 17.0 Å². The molecule has 0 saturated carbocycles. The lowest BCUT2D eigenvalue weighted by molar-refractivity contribution is 1.33. The number of aromatic nitrogens is 1. The summed E-state index contributed by atoms with van der Waals surface area (Å²) in [5.41, 5.74) is 2.45. The largest absolute Gasteiger partial charge is 0.265 e. The summed E-state index contributed by atoms with van der Waals surface area (Å²) >= 11 is 0. The molecule has 1 aromatic heterocycles. The van der Waals surface area contributed by atoms with Crippen LogP contribution in [0.5, 0.6) is 0 Å². The highest BCUT2D eigenvalue weighted by molar-refractivity contribution is 8.93. The molecule has 0 aliphatic carbocycles. The topological polar surface area (TPSA) is 12.9 Å². The van der Waals surface area contributed by atoms with E-state index in [1.165, 1.54) is 11.1 Å². The van der Waals surface area contributed by atoms with Crippen LogP contribution in [0.4, 0.5) is 0 Å². The molecule has 2 aromatic rings. The van der Waals surface area contributed by atoms with E-state index < -0.39 is 0 Å². The van der Waals surface area contributed by atoms with Gasteiger partial charge >= 0.3 is 0 Å². The Balaban J connectivity index is 0.000000845. The van der Waals surface area contributed by atoms with Gasteiger partial charge in [-0.1, -0.05) is 30.3 Å². The standard InChI is InChI=1S/C11H9N.BrH/c1-2-4-10(5-3-1)11-6-8-12-9-7-11;/h1-9H;1H. The Kier molecular flexibility index (Phi) is 3.65. The van der Waals surface area contributed by atoms with Crippen LogP contribution in [0.25, 0.3) is 11.1 Å². The monoisotopic (exact) mass is 235 g/mol. The molecule has 0 atom stereocenters. The van der Waals surface area contributed by atoms with Gasteiger partial charge in [0.05, 0.1) is 0 Å². The molecule has 1 aromatic carbocycles. The summed E-state index contributed by atoms with van der Waals surface area (Å²) in [6.45, 7) is 0. The van der Waals surface area contributed by atoms with Crippen molar-refractivity contribution in [2.75, 3.05) is 0 Å². The third kappa shape index (κ3) is 2.39. The van der Waals surface area contributed by atoms with Crippen LogP contribution in [0.3, 0.4) is 0 Å². The maximum absolute atomic E-state index is 3.97. The maximum Gasteiger partial charge on any atom is 0.0273 e. The first-order valence-electron chi connectivity index (χ1n) is 3.92. The van der Waals surface area contributed by atoms with E-state index in [1.807, 2.05) is 42.7 Å². The molecule has 1 nitrogen and oxygen atoms in total. The van der Waals surface area contributed by atoms with Gasteiger partial charge in [-0.05, 0) is 23.3 Å². The minimum atomic E-state index is 0. The Morgan fingerprint density at radius 1 is 0.692 bits per heavy atom. The van der Waals surface area contributed by atoms with Crippen molar-refractivity contribution in [3.05, 3.63) is 54.9 Å². The zero-order valence-corrected chi connectivity index (χ0v) is 8.76. The van der Waals surface area contributed by atoms with Crippen molar-refractivity contribution in [1.29, 1.82) is 0 Å². The summed E-state index contributed by atoms with van der Waals surface area (Å²) in [4.78, 5) is 3.97. The molecule has 13 heavy (non-hydrogen) atoms. The average molecular weight is 236 g/mol. The minimum Gasteiger partial charge on any atom is -0.265 e. The molecule has 1 heterocycles. The third-order valence-corrected chi connectivity index (χ3v) is 1.79. The van der Waals surface area contributed by atoms with Crippen LogP contribution in [0.15, 0.2) is 54.9 Å². The van der Waals surface area contributed by atoms with Crippen molar-refractivity contribution in [2.24, 2.45) is 0 Å². The fourth-order valence-electron chi connectivity index (χ4n) is 1.17. The molecule has 2 rings (SSSR count). The number of nitrogens with zero attached hydrogens (tertiary/aromatic N) is 1. The number of pyridine rings is 1. The van der Waals surface area contributed by atoms with Gasteiger partial charge in [0.1, 0.15) is 0 Å². The summed E-state index contributed by atoms with van der Waals surface area (Å²) in [6.07, 6.45) is 3.62. The van der Waals surface area contributed by atoms with E-state index in [1.54, 1.807) is 0 Å². The summed E-state index contributed by atoms with van der Waals surface area (Å²) in [6, 6.07) is 14.3. The van der Waals surface area contributed by atoms with E-state index in [4.69, 9.17) is 0 Å². The van der Waals surface area contributed by atoms with Crippen LogP contribution >= 0.6 is 17.0 Å². The van der Waals surface area contributed by atoms with Crippen LogP contribution in [0.1, 0.15) is 0 Å². The second-order valence-electron chi connectivity index (χ2n) is 2.60. The smallest absolute Gasteiger partial charge is 0.0273 e. The van der Waals surface area contributed by atoms with Gasteiger partial charge in [0, 0.05) is 12.4 Å². The summed E-state index contributed by atoms with van der Waals surface area (Å²) in [5, 5.41) is 0. The molecule has 2 heteroatoms. The van der Waals surface area contributed by atoms with Crippen LogP contribution in [-0.4, -0.2) is 4.98 Å². The minimum absolute atomic E-state index is 0. The average Bonchev–Trinajstić information content (AvgIpc) is 2.21. The number of hydrogen-bond donors (Lipinski definition) is 0. The Hall–Kier alpha value is -1.15. The van der Waals surface area contributed by atoms with E-state index in [2.05, 4.69) is 17.1 Å². The molecule has 0 radical (unpaired) electrons. The fourth-order valence-corrected chi connectivity index (χ4v) is 1.17. The second-order valence-corrected chi connectivity index (χ2v) is 2.60. The first-order chi connectivity index (χ1) is 5.97. The molecular weight excluding hydrogens is 226 g/mol. The van der Waals surface area contributed by atoms with Gasteiger partial charge in [0.15, 0.2) is 0 Å². The van der Waals surface area contributed by atoms with Crippen LogP contribution in [0.2, 0.25) is 0 Å². The van der Waals surface area contributed by atoms with Gasteiger partial charge in [-0.3, -0.25) is 4.98 Å².